The minimum Gasteiger partial charge on any atom is -0.497 e. The number of rotatable bonds is 14. The number of hydrogen-bond acceptors (Lipinski definition) is 13. The van der Waals surface area contributed by atoms with Gasteiger partial charge in [-0.2, -0.15) is 10.1 Å². The van der Waals surface area contributed by atoms with Gasteiger partial charge in [-0.05, 0) is 106 Å². The minimum absolute atomic E-state index is 0.0662. The summed E-state index contributed by atoms with van der Waals surface area (Å²) in [6, 6.07) is 34.0. The highest BCUT2D eigenvalue weighted by Gasteiger charge is 2.51. The quantitative estimate of drug-likeness (QED) is 0.0370. The molecule has 0 saturated heterocycles. The topological polar surface area (TPSA) is 175 Å². The maximum Gasteiger partial charge on any atom is 0.375 e. The van der Waals surface area contributed by atoms with E-state index in [1.54, 1.807) is 37.3 Å². The maximum atomic E-state index is 13.3. The number of aryl methyl sites for hydroxylation is 1. The maximum absolute atomic E-state index is 13.3. The third-order valence-corrected chi connectivity index (χ3v) is 12.3. The number of para-hydroxylation sites is 1. The van der Waals surface area contributed by atoms with Crippen molar-refractivity contribution in [3.8, 4) is 17.2 Å². The number of halogens is 3. The van der Waals surface area contributed by atoms with E-state index >= 15 is 0 Å². The van der Waals surface area contributed by atoms with Gasteiger partial charge in [-0.15, -0.1) is 5.10 Å². The van der Waals surface area contributed by atoms with Gasteiger partial charge in [0.2, 0.25) is 23.3 Å². The SMILES string of the molecule is CC1=NN(c2ccccc2)C(=O)C1(Cl)COC1=NN(c2ccc3c(c2)OCO3)CC1(C)C.COc1ccc(C(=O)C(Cl)(COC(=O)C(=O)Cc2cccc(C)c2)C(=O)Nc2ccc(Cl)cc2)cc1. The summed E-state index contributed by atoms with van der Waals surface area (Å²) in [5, 5.41) is 15.2. The summed E-state index contributed by atoms with van der Waals surface area (Å²) < 4.78 is 27.1. The molecule has 3 heterocycles. The lowest BCUT2D eigenvalue weighted by Gasteiger charge is -2.25. The van der Waals surface area contributed by atoms with Gasteiger partial charge in [-0.25, -0.2) is 4.79 Å². The first-order valence-corrected chi connectivity index (χ1v) is 22.3. The lowest BCUT2D eigenvalue weighted by Crippen LogP contribution is -2.49. The molecular weight excluding hydrogens is 937 g/mol. The molecule has 8 rings (SSSR count). The van der Waals surface area contributed by atoms with Crippen LogP contribution >= 0.6 is 34.8 Å². The van der Waals surface area contributed by atoms with E-state index in [9.17, 15) is 24.0 Å². The van der Waals surface area contributed by atoms with Crippen LogP contribution in [0.25, 0.3) is 0 Å². The van der Waals surface area contributed by atoms with Crippen molar-refractivity contribution in [3.05, 3.63) is 143 Å². The summed E-state index contributed by atoms with van der Waals surface area (Å²) in [5.74, 6) is -1.74. The fraction of sp³-hybridized carbons (Fsp3) is 0.260. The monoisotopic (exact) mass is 981 g/mol. The Bertz CT molecular complexity index is 2790. The van der Waals surface area contributed by atoms with Crippen molar-refractivity contribution < 1.29 is 47.7 Å². The van der Waals surface area contributed by atoms with Crippen LogP contribution in [0, 0.1) is 12.3 Å². The van der Waals surface area contributed by atoms with Gasteiger partial charge in [0.25, 0.3) is 11.8 Å². The van der Waals surface area contributed by atoms with Crippen LogP contribution in [0.3, 0.4) is 0 Å². The number of anilines is 3. The number of methoxy groups -OCH3 is 1. The predicted molar refractivity (Wildman–Crippen MR) is 260 cm³/mol. The molecule has 1 N–H and O–H groups in total. The number of fused-ring (bicyclic) bond motifs is 1. The zero-order valence-electron chi connectivity index (χ0n) is 37.6. The van der Waals surface area contributed by atoms with E-state index in [1.165, 1.54) is 48.5 Å². The van der Waals surface area contributed by atoms with Crippen molar-refractivity contribution in [2.75, 3.05) is 49.0 Å². The van der Waals surface area contributed by atoms with Crippen molar-refractivity contribution in [2.24, 2.45) is 15.6 Å². The number of carbonyl (C=O) groups is 5. The van der Waals surface area contributed by atoms with E-state index in [4.69, 9.17) is 58.5 Å². The highest BCUT2D eigenvalue weighted by Crippen LogP contribution is 2.39. The van der Waals surface area contributed by atoms with E-state index in [2.05, 4.69) is 15.5 Å². The second kappa shape index (κ2) is 20.5. The number of Topliss-reactive ketones (excluding diaryl/α,β-unsaturated/α-hetero) is 2. The number of ether oxygens (including phenoxy) is 5. The fourth-order valence-corrected chi connectivity index (χ4v) is 7.62. The van der Waals surface area contributed by atoms with Crippen molar-refractivity contribution in [3.63, 3.8) is 0 Å². The third kappa shape index (κ3) is 10.9. The number of hydrazone groups is 2. The van der Waals surface area contributed by atoms with E-state index in [0.29, 0.717) is 57.4 Å². The van der Waals surface area contributed by atoms with E-state index in [0.717, 1.165) is 11.3 Å². The number of benzene rings is 5. The normalized spacial score (nSPS) is 17.5. The molecule has 18 heteroatoms. The van der Waals surface area contributed by atoms with Gasteiger partial charge in [-0.1, -0.05) is 82.8 Å². The molecule has 0 saturated carbocycles. The number of alkyl halides is 2. The van der Waals surface area contributed by atoms with Crippen LogP contribution in [-0.2, 0) is 35.1 Å². The second-order valence-electron chi connectivity index (χ2n) is 16.6. The van der Waals surface area contributed by atoms with Crippen LogP contribution in [-0.4, -0.2) is 84.4 Å². The van der Waals surface area contributed by atoms with Crippen molar-refractivity contribution in [1.82, 2.24) is 0 Å². The molecule has 2 amide bonds. The van der Waals surface area contributed by atoms with Gasteiger partial charge >= 0.3 is 5.97 Å². The molecule has 5 aromatic carbocycles. The Morgan fingerprint density at radius 2 is 1.54 bits per heavy atom. The van der Waals surface area contributed by atoms with Gasteiger partial charge < -0.3 is 29.0 Å². The predicted octanol–water partition coefficient (Wildman–Crippen LogP) is 8.80. The molecule has 0 spiro atoms. The number of ketones is 2. The summed E-state index contributed by atoms with van der Waals surface area (Å²) in [6.07, 6.45) is -0.195. The first kappa shape index (κ1) is 49.0. The van der Waals surface area contributed by atoms with E-state index in [1.807, 2.05) is 80.4 Å². The standard InChI is InChI=1S/C27H23Cl2NO6.C23H23ClN4O4/c1-17-4-3-5-18(14-17)15-23(31)25(33)36-16-27(29,24(32)19-6-12-22(35-2)13-7-19)26(34)30-21-10-8-20(28)9-11-21;1-15-23(24,21(29)28(25-15)16-7-5-4-6-8-16)13-30-20-22(2,3)12-27(26-20)17-9-10-18-19(11-17)32-14-31-18/h3-14H,15-16H2,1-2H3,(H,30,34);4-11H,12-14H2,1-3H3. The number of hydrogen-bond donors (Lipinski definition) is 1. The van der Waals surface area contributed by atoms with E-state index < -0.39 is 39.8 Å². The van der Waals surface area contributed by atoms with Crippen LogP contribution in [0.1, 0.15) is 42.3 Å². The van der Waals surface area contributed by atoms with Gasteiger partial charge in [0.05, 0.1) is 36.2 Å². The van der Waals surface area contributed by atoms with Gasteiger partial charge in [0.1, 0.15) is 19.0 Å². The smallest absolute Gasteiger partial charge is 0.375 e. The molecule has 2 unspecified atom stereocenters. The highest BCUT2D eigenvalue weighted by atomic mass is 35.5. The Kier molecular flexibility index (Phi) is 14.8. The summed E-state index contributed by atoms with van der Waals surface area (Å²) in [6.45, 7) is 7.56. The molecule has 0 bridgehead atoms. The lowest BCUT2D eigenvalue weighted by molar-refractivity contribution is -0.154. The average Bonchev–Trinajstić information content (AvgIpc) is 4.00. The van der Waals surface area contributed by atoms with Gasteiger partial charge in [-0.3, -0.25) is 24.2 Å². The summed E-state index contributed by atoms with van der Waals surface area (Å²) in [4.78, 5) is 60.7. The molecule has 0 aromatic heterocycles. The highest BCUT2D eigenvalue weighted by molar-refractivity contribution is 6.51. The number of esters is 1. The molecule has 3 aliphatic heterocycles. The van der Waals surface area contributed by atoms with Gasteiger partial charge in [0, 0.05) is 28.8 Å². The van der Waals surface area contributed by atoms with Crippen LogP contribution in [0.4, 0.5) is 17.1 Å². The van der Waals surface area contributed by atoms with Crippen LogP contribution in [0.15, 0.2) is 132 Å². The molecule has 352 valence electrons. The van der Waals surface area contributed by atoms with Crippen LogP contribution in [0.2, 0.25) is 5.02 Å². The molecule has 3 aliphatic rings. The molecule has 5 aromatic rings. The largest absolute Gasteiger partial charge is 0.497 e. The minimum atomic E-state index is -2.35. The molecule has 0 aliphatic carbocycles. The number of amides is 2. The molecule has 68 heavy (non-hydrogen) atoms. The molecule has 0 radical (unpaired) electrons. The lowest BCUT2D eigenvalue weighted by atomic mass is 9.94. The Morgan fingerprint density at radius 3 is 2.24 bits per heavy atom. The van der Waals surface area contributed by atoms with Crippen LogP contribution in [0.5, 0.6) is 17.2 Å². The first-order valence-electron chi connectivity index (χ1n) is 21.1. The molecule has 0 fully saturated rings. The molecular formula is C50H46Cl3N5O10. The molecule has 15 nitrogen and oxygen atoms in total. The number of carbonyl (C=O) groups excluding carboxylic acids is 5. The fourth-order valence-electron chi connectivity index (χ4n) is 7.11. The summed E-state index contributed by atoms with van der Waals surface area (Å²) in [7, 11) is 1.47. The number of nitrogens with zero attached hydrogens (tertiary/aromatic N) is 4. The Morgan fingerprint density at radius 1 is 0.838 bits per heavy atom. The van der Waals surface area contributed by atoms with Crippen LogP contribution < -0.4 is 29.5 Å². The van der Waals surface area contributed by atoms with E-state index in [-0.39, 0.29) is 36.7 Å². The van der Waals surface area contributed by atoms with Crippen molar-refractivity contribution >= 4 is 92.8 Å². The summed E-state index contributed by atoms with van der Waals surface area (Å²) >= 11 is 19.2. The zero-order chi connectivity index (χ0) is 48.8. The zero-order valence-corrected chi connectivity index (χ0v) is 39.9. The molecule has 2 atom stereocenters. The van der Waals surface area contributed by atoms with Crippen molar-refractivity contribution in [2.45, 2.75) is 43.9 Å². The second-order valence-corrected chi connectivity index (χ2v) is 18.3. The van der Waals surface area contributed by atoms with Crippen molar-refractivity contribution in [1.29, 1.82) is 0 Å². The Balaban J connectivity index is 0.000000202. The Labute approximate surface area is 407 Å². The summed E-state index contributed by atoms with van der Waals surface area (Å²) in [5.41, 5.74) is 3.59. The third-order valence-electron chi connectivity index (χ3n) is 11.0. The Hall–Kier alpha value is -6.94. The number of nitrogens with one attached hydrogen (secondary N) is 1. The average molecular weight is 983 g/mol. The van der Waals surface area contributed by atoms with Gasteiger partial charge in [0.15, 0.2) is 22.2 Å². The first-order chi connectivity index (χ1) is 32.4.